The first-order valence-corrected chi connectivity index (χ1v) is 19.6. The zero-order valence-corrected chi connectivity index (χ0v) is 33.2. The number of benzene rings is 2. The average molecular weight is 854 g/mol. The predicted octanol–water partition coefficient (Wildman–Crippen LogP) is 0.795. The van der Waals surface area contributed by atoms with E-state index in [9.17, 15) is 43.5 Å². The van der Waals surface area contributed by atoms with E-state index in [-0.39, 0.29) is 71.2 Å². The lowest BCUT2D eigenvalue weighted by atomic mass is 10.0. The molecule has 0 radical (unpaired) electrons. The maximum Gasteiger partial charge on any atom is 0.326 e. The van der Waals surface area contributed by atoms with Crippen molar-refractivity contribution in [1.82, 2.24) is 40.8 Å². The monoisotopic (exact) mass is 853 g/mol. The van der Waals surface area contributed by atoms with Gasteiger partial charge in [-0.15, -0.1) is 0 Å². The molecule has 2 aliphatic rings. The number of ether oxygens (including phenoxy) is 1. The molecular weight excluding hydrogens is 811 g/mol. The number of nitrogens with one attached hydrogen (secondary N) is 3. The summed E-state index contributed by atoms with van der Waals surface area (Å²) in [5, 5.41) is 25.7. The highest BCUT2D eigenvalue weighted by molar-refractivity contribution is 6.24. The van der Waals surface area contributed by atoms with E-state index in [4.69, 9.17) is 21.3 Å². The molecule has 1 saturated heterocycles. The maximum atomic E-state index is 13.3. The third-order valence-corrected chi connectivity index (χ3v) is 10.1. The summed E-state index contributed by atoms with van der Waals surface area (Å²) in [5.41, 5.74) is 13.6. The molecule has 2 aliphatic heterocycles. The van der Waals surface area contributed by atoms with E-state index in [2.05, 4.69) is 35.9 Å². The number of piperidine rings is 1. The second kappa shape index (κ2) is 19.5. The van der Waals surface area contributed by atoms with Crippen LogP contribution in [-0.2, 0) is 30.5 Å². The van der Waals surface area contributed by atoms with Crippen molar-refractivity contribution in [1.29, 1.82) is 0 Å². The number of anilines is 3. The van der Waals surface area contributed by atoms with Crippen molar-refractivity contribution in [3.63, 3.8) is 0 Å². The Balaban J connectivity index is 1.01. The highest BCUT2D eigenvalue weighted by Crippen LogP contribution is 2.33. The smallest absolute Gasteiger partial charge is 0.326 e. The number of nitrogens with zero attached hydrogens (tertiary/aromatic N) is 6. The number of amides is 6. The van der Waals surface area contributed by atoms with Crippen LogP contribution in [0.4, 0.5) is 17.5 Å². The molecule has 62 heavy (non-hydrogen) atoms. The molecule has 6 rings (SSSR count). The number of unbranched alkanes of at least 4 members (excludes halogenated alkanes) is 3. The van der Waals surface area contributed by atoms with Crippen molar-refractivity contribution >= 4 is 76.0 Å². The van der Waals surface area contributed by atoms with E-state index in [0.29, 0.717) is 37.3 Å². The second-order valence-electron chi connectivity index (χ2n) is 14.4. The number of imide groups is 2. The Morgan fingerprint density at radius 3 is 2.44 bits per heavy atom. The van der Waals surface area contributed by atoms with Crippen LogP contribution >= 0.6 is 0 Å². The molecule has 2 aromatic heterocycles. The first-order valence-electron chi connectivity index (χ1n) is 19.6. The lowest BCUT2D eigenvalue weighted by Gasteiger charge is -2.27. The molecule has 324 valence electrons. The second-order valence-corrected chi connectivity index (χ2v) is 14.4. The number of nitrogens with two attached hydrogens (primary N) is 2. The number of hydrogen-bond acceptors (Lipinski definition) is 16. The van der Waals surface area contributed by atoms with E-state index >= 15 is 0 Å². The molecule has 0 bridgehead atoms. The van der Waals surface area contributed by atoms with Gasteiger partial charge in [0.1, 0.15) is 17.8 Å². The molecule has 6 amide bonds. The Morgan fingerprint density at radius 1 is 0.952 bits per heavy atom. The van der Waals surface area contributed by atoms with Crippen molar-refractivity contribution in [2.75, 3.05) is 36.1 Å². The van der Waals surface area contributed by atoms with Crippen molar-refractivity contribution in [2.24, 2.45) is 0 Å². The van der Waals surface area contributed by atoms with Crippen LogP contribution in [0.15, 0.2) is 48.7 Å². The number of rotatable bonds is 20. The summed E-state index contributed by atoms with van der Waals surface area (Å²) < 4.78 is 5.66. The van der Waals surface area contributed by atoms with E-state index in [0.717, 1.165) is 17.7 Å². The fraction of sp³-hybridized carbons (Fsp3) is 0.350. The normalized spacial score (nSPS) is 15.2. The Morgan fingerprint density at radius 2 is 1.71 bits per heavy atom. The van der Waals surface area contributed by atoms with Gasteiger partial charge in [0.15, 0.2) is 23.6 Å². The molecule has 0 aliphatic carbocycles. The van der Waals surface area contributed by atoms with Crippen LogP contribution in [0.25, 0.3) is 11.2 Å². The Kier molecular flexibility index (Phi) is 13.8. The molecule has 22 nitrogen and oxygen atoms in total. The van der Waals surface area contributed by atoms with Gasteiger partial charge in [0.2, 0.25) is 17.8 Å². The summed E-state index contributed by atoms with van der Waals surface area (Å²) in [7, 11) is 0. The quantitative estimate of drug-likeness (QED) is 0.0477. The third kappa shape index (κ3) is 10.5. The number of carbonyl (C=O) groups excluding carboxylic acids is 6. The van der Waals surface area contributed by atoms with Gasteiger partial charge in [-0.05, 0) is 62.1 Å². The minimum absolute atomic E-state index is 0.00521. The van der Waals surface area contributed by atoms with E-state index in [1.165, 1.54) is 36.5 Å². The van der Waals surface area contributed by atoms with E-state index in [1.807, 2.05) is 4.90 Å². The topological polar surface area (TPSA) is 332 Å². The number of aromatic nitrogens is 4. The highest BCUT2D eigenvalue weighted by Gasteiger charge is 2.46. The van der Waals surface area contributed by atoms with Crippen LogP contribution in [0.3, 0.4) is 0 Å². The van der Waals surface area contributed by atoms with Gasteiger partial charge in [-0.2, -0.15) is 9.97 Å². The van der Waals surface area contributed by atoms with Crippen molar-refractivity contribution < 1.29 is 53.3 Å². The highest BCUT2D eigenvalue weighted by atomic mass is 16.5. The van der Waals surface area contributed by atoms with Gasteiger partial charge in [0.05, 0.1) is 29.6 Å². The molecule has 4 aromatic rings. The van der Waals surface area contributed by atoms with Gasteiger partial charge >= 0.3 is 11.9 Å². The fourth-order valence-electron chi connectivity index (χ4n) is 6.95. The number of carboxylic acids is 2. The summed E-state index contributed by atoms with van der Waals surface area (Å²) in [4.78, 5) is 118. The standard InChI is InChI=1S/C40H43N11O11/c41-33-32-34(49-40(42)48-33)44-18-22(45-32)19-50(23-10-8-21(9-11-23)35(56)46-25(39(60)61)12-15-30(54)55)17-4-2-1-3-16-43-29(53)20-62-27-7-5-6-24-31(27)38(59)51(37(24)58)26-13-14-28(52)47-36(26)57/h5-11,18,25-26H,1-4,12-17,19-20H2,(H,43,53)(H,46,56)(H,54,55)(H,60,61)(H,47,52,57)(H4,41,42,44,48,49). The van der Waals surface area contributed by atoms with Crippen LogP contribution in [0.5, 0.6) is 5.75 Å². The van der Waals surface area contributed by atoms with Crippen molar-refractivity contribution in [3.8, 4) is 5.75 Å². The van der Waals surface area contributed by atoms with Crippen LogP contribution in [0.2, 0.25) is 0 Å². The van der Waals surface area contributed by atoms with Gasteiger partial charge in [-0.3, -0.25) is 43.8 Å². The number of carbonyl (C=O) groups is 8. The summed E-state index contributed by atoms with van der Waals surface area (Å²) in [5.74, 6) is -6.27. The summed E-state index contributed by atoms with van der Waals surface area (Å²) in [6, 6.07) is 8.31. The van der Waals surface area contributed by atoms with Crippen molar-refractivity contribution in [3.05, 3.63) is 71.0 Å². The molecule has 22 heteroatoms. The molecule has 1 fully saturated rings. The molecular formula is C40H43N11O11. The van der Waals surface area contributed by atoms with Gasteiger partial charge < -0.3 is 42.0 Å². The largest absolute Gasteiger partial charge is 0.483 e. The van der Waals surface area contributed by atoms with Crippen LogP contribution < -0.4 is 37.1 Å². The number of fused-ring (bicyclic) bond motifs is 2. The molecule has 2 unspecified atom stereocenters. The zero-order valence-electron chi connectivity index (χ0n) is 33.2. The molecule has 2 aromatic carbocycles. The lowest BCUT2D eigenvalue weighted by molar-refractivity contribution is -0.141. The number of nitrogen functional groups attached to an aromatic ring is 2. The maximum absolute atomic E-state index is 13.3. The predicted molar refractivity (Wildman–Crippen MR) is 217 cm³/mol. The Hall–Kier alpha value is -7.78. The summed E-state index contributed by atoms with van der Waals surface area (Å²) in [6.07, 6.45) is 3.65. The first kappa shape index (κ1) is 43.8. The van der Waals surface area contributed by atoms with E-state index < -0.39 is 72.5 Å². The first-order chi connectivity index (χ1) is 29.7. The Labute approximate surface area is 352 Å². The summed E-state index contributed by atoms with van der Waals surface area (Å²) >= 11 is 0. The molecule has 0 saturated carbocycles. The minimum Gasteiger partial charge on any atom is -0.483 e. The third-order valence-electron chi connectivity index (χ3n) is 10.1. The zero-order chi connectivity index (χ0) is 44.5. The van der Waals surface area contributed by atoms with Gasteiger partial charge in [0, 0.05) is 37.2 Å². The summed E-state index contributed by atoms with van der Waals surface area (Å²) in [6.45, 7) is 0.700. The average Bonchev–Trinajstić information content (AvgIpc) is 3.49. The number of hydrogen-bond donors (Lipinski definition) is 7. The van der Waals surface area contributed by atoms with Crippen LogP contribution in [0, 0.1) is 0 Å². The van der Waals surface area contributed by atoms with Gasteiger partial charge in [-0.25, -0.2) is 14.8 Å². The molecule has 9 N–H and O–H groups in total. The fourth-order valence-corrected chi connectivity index (χ4v) is 6.95. The molecule has 0 spiro atoms. The SMILES string of the molecule is Nc1nc(N)c2nc(CN(CCCCCCNC(=O)COc3cccc4c3C(=O)N(C3CCC(=O)NC3=O)C4=O)c3ccc(C(=O)NC(CCC(=O)O)C(=O)O)cc3)cnc2n1. The minimum atomic E-state index is -1.38. The van der Waals surface area contributed by atoms with Gasteiger partial charge in [-0.1, -0.05) is 18.9 Å². The van der Waals surface area contributed by atoms with E-state index in [1.54, 1.807) is 12.1 Å². The number of aliphatic carboxylic acids is 2. The number of carboxylic acid groups (broad SMARTS) is 2. The molecule has 2 atom stereocenters. The van der Waals surface area contributed by atoms with Crippen molar-refractivity contribution in [2.45, 2.75) is 70.0 Å². The lowest BCUT2D eigenvalue weighted by Crippen LogP contribution is -2.54. The van der Waals surface area contributed by atoms with Crippen LogP contribution in [-0.4, -0.2) is 114 Å². The molecule has 4 heterocycles. The van der Waals surface area contributed by atoms with Crippen LogP contribution in [0.1, 0.15) is 88.1 Å². The van der Waals surface area contributed by atoms with Gasteiger partial charge in [0.25, 0.3) is 23.6 Å². The Bertz CT molecular complexity index is 2430.